The zero-order chi connectivity index (χ0) is 11.7. The highest BCUT2D eigenvalue weighted by Crippen LogP contribution is 2.11. The summed E-state index contributed by atoms with van der Waals surface area (Å²) in [5.74, 6) is 0. The molecule has 3 nitrogen and oxygen atoms in total. The largest absolute Gasteiger partial charge is 0.284 e. The Morgan fingerprint density at radius 1 is 1.25 bits per heavy atom. The average molecular weight is 257 g/mol. The van der Waals surface area contributed by atoms with E-state index in [1.807, 2.05) is 12.1 Å². The fraction of sp³-hybridized carbons (Fsp3) is 0.182. The van der Waals surface area contributed by atoms with Crippen molar-refractivity contribution in [2.45, 2.75) is 13.5 Å². The number of nitrogens with zero attached hydrogens (tertiary/aromatic N) is 1. The van der Waals surface area contributed by atoms with Crippen LogP contribution in [0.3, 0.4) is 0 Å². The standard InChI is InChI=1S/C11H10Cl2N2O/c1-7-10(13)14-15(11(7)16)6-8-2-4-9(12)5-3-8/h2-5,14H,6H2,1H3. The van der Waals surface area contributed by atoms with E-state index in [1.54, 1.807) is 19.1 Å². The Balaban J connectivity index is 2.30. The van der Waals surface area contributed by atoms with Crippen molar-refractivity contribution >= 4 is 23.2 Å². The van der Waals surface area contributed by atoms with Crippen LogP contribution in [0.25, 0.3) is 0 Å². The molecule has 0 atom stereocenters. The van der Waals surface area contributed by atoms with Gasteiger partial charge < -0.3 is 0 Å². The van der Waals surface area contributed by atoms with Gasteiger partial charge in [-0.2, -0.15) is 0 Å². The Morgan fingerprint density at radius 2 is 1.88 bits per heavy atom. The third-order valence-corrected chi connectivity index (χ3v) is 3.00. The third-order valence-electron chi connectivity index (χ3n) is 2.38. The van der Waals surface area contributed by atoms with Crippen LogP contribution in [0.1, 0.15) is 11.1 Å². The second-order valence-corrected chi connectivity index (χ2v) is 4.38. The predicted octanol–water partition coefficient (Wildman–Crippen LogP) is 2.84. The van der Waals surface area contributed by atoms with E-state index in [9.17, 15) is 4.79 Å². The Kier molecular flexibility index (Phi) is 3.08. The number of hydrogen-bond acceptors (Lipinski definition) is 1. The molecule has 1 aromatic carbocycles. The summed E-state index contributed by atoms with van der Waals surface area (Å²) in [6.07, 6.45) is 0. The number of rotatable bonds is 2. The number of hydrogen-bond donors (Lipinski definition) is 1. The molecule has 0 saturated heterocycles. The molecule has 5 heteroatoms. The van der Waals surface area contributed by atoms with Gasteiger partial charge in [0.05, 0.1) is 12.1 Å². The summed E-state index contributed by atoms with van der Waals surface area (Å²) in [5.41, 5.74) is 1.43. The molecule has 0 aliphatic carbocycles. The number of aromatic nitrogens is 2. The molecular formula is C11H10Cl2N2O. The van der Waals surface area contributed by atoms with Crippen molar-refractivity contribution in [3.05, 3.63) is 55.9 Å². The molecule has 84 valence electrons. The van der Waals surface area contributed by atoms with Gasteiger partial charge in [0.25, 0.3) is 5.56 Å². The first-order valence-electron chi connectivity index (χ1n) is 4.77. The number of benzene rings is 1. The maximum absolute atomic E-state index is 11.7. The molecule has 0 radical (unpaired) electrons. The minimum Gasteiger partial charge on any atom is -0.284 e. The van der Waals surface area contributed by atoms with Gasteiger partial charge in [0.15, 0.2) is 0 Å². The van der Waals surface area contributed by atoms with Crippen LogP contribution in [0.2, 0.25) is 10.2 Å². The van der Waals surface area contributed by atoms with E-state index in [0.717, 1.165) is 5.56 Å². The third kappa shape index (κ3) is 2.15. The van der Waals surface area contributed by atoms with Crippen LogP contribution in [0, 0.1) is 6.92 Å². The summed E-state index contributed by atoms with van der Waals surface area (Å²) in [4.78, 5) is 11.7. The molecule has 0 bridgehead atoms. The van der Waals surface area contributed by atoms with Gasteiger partial charge in [-0.25, -0.2) is 4.68 Å². The van der Waals surface area contributed by atoms with Crippen molar-refractivity contribution in [1.82, 2.24) is 9.78 Å². The molecule has 2 aromatic rings. The Morgan fingerprint density at radius 3 is 2.38 bits per heavy atom. The predicted molar refractivity (Wildman–Crippen MR) is 65.4 cm³/mol. The summed E-state index contributed by atoms with van der Waals surface area (Å²) in [7, 11) is 0. The van der Waals surface area contributed by atoms with E-state index in [0.29, 0.717) is 22.3 Å². The van der Waals surface area contributed by atoms with Gasteiger partial charge in [0, 0.05) is 5.02 Å². The summed E-state index contributed by atoms with van der Waals surface area (Å²) >= 11 is 11.6. The molecule has 0 spiro atoms. The van der Waals surface area contributed by atoms with Crippen LogP contribution in [-0.2, 0) is 6.54 Å². The van der Waals surface area contributed by atoms with Gasteiger partial charge in [-0.3, -0.25) is 9.89 Å². The fourth-order valence-corrected chi connectivity index (χ4v) is 1.74. The number of halogens is 2. The lowest BCUT2D eigenvalue weighted by Gasteiger charge is -2.01. The fourth-order valence-electron chi connectivity index (χ4n) is 1.43. The Labute approximate surface area is 103 Å². The van der Waals surface area contributed by atoms with Gasteiger partial charge >= 0.3 is 0 Å². The van der Waals surface area contributed by atoms with Crippen molar-refractivity contribution in [1.29, 1.82) is 0 Å². The normalized spacial score (nSPS) is 10.7. The van der Waals surface area contributed by atoms with Crippen LogP contribution >= 0.6 is 23.2 Å². The topological polar surface area (TPSA) is 37.8 Å². The zero-order valence-corrected chi connectivity index (χ0v) is 10.1. The molecular weight excluding hydrogens is 247 g/mol. The van der Waals surface area contributed by atoms with Gasteiger partial charge in [0.2, 0.25) is 0 Å². The number of H-pyrrole nitrogens is 1. The second kappa shape index (κ2) is 4.36. The maximum atomic E-state index is 11.7. The lowest BCUT2D eigenvalue weighted by Crippen LogP contribution is -2.18. The molecule has 1 heterocycles. The lowest BCUT2D eigenvalue weighted by molar-refractivity contribution is 0.663. The molecule has 0 aliphatic heterocycles. The van der Waals surface area contributed by atoms with Crippen molar-refractivity contribution in [2.75, 3.05) is 0 Å². The molecule has 0 unspecified atom stereocenters. The summed E-state index contributed by atoms with van der Waals surface area (Å²) in [6.45, 7) is 2.16. The zero-order valence-electron chi connectivity index (χ0n) is 8.63. The molecule has 0 amide bonds. The first-order valence-corrected chi connectivity index (χ1v) is 5.53. The minimum absolute atomic E-state index is 0.0973. The molecule has 1 N–H and O–H groups in total. The molecule has 0 aliphatic rings. The van der Waals surface area contributed by atoms with E-state index in [2.05, 4.69) is 5.10 Å². The van der Waals surface area contributed by atoms with Gasteiger partial charge in [-0.05, 0) is 24.6 Å². The van der Waals surface area contributed by atoms with E-state index >= 15 is 0 Å². The average Bonchev–Trinajstić information content (AvgIpc) is 2.50. The Hall–Kier alpha value is -1.19. The smallest absolute Gasteiger partial charge is 0.271 e. The summed E-state index contributed by atoms with van der Waals surface area (Å²) < 4.78 is 1.47. The van der Waals surface area contributed by atoms with Crippen LogP contribution < -0.4 is 5.56 Å². The van der Waals surface area contributed by atoms with E-state index in [4.69, 9.17) is 23.2 Å². The number of aromatic amines is 1. The highest BCUT2D eigenvalue weighted by atomic mass is 35.5. The first-order chi connectivity index (χ1) is 7.58. The van der Waals surface area contributed by atoms with E-state index in [1.165, 1.54) is 4.68 Å². The second-order valence-electron chi connectivity index (χ2n) is 3.57. The quantitative estimate of drug-likeness (QED) is 0.882. The Bertz CT molecular complexity index is 554. The minimum atomic E-state index is -0.0973. The van der Waals surface area contributed by atoms with Gasteiger partial charge in [0.1, 0.15) is 5.15 Å². The molecule has 0 saturated carbocycles. The molecule has 0 fully saturated rings. The molecule has 2 rings (SSSR count). The van der Waals surface area contributed by atoms with Crippen LogP contribution in [-0.4, -0.2) is 9.78 Å². The van der Waals surface area contributed by atoms with E-state index in [-0.39, 0.29) is 5.56 Å². The molecule has 16 heavy (non-hydrogen) atoms. The summed E-state index contributed by atoms with van der Waals surface area (Å²) in [5, 5.41) is 3.88. The van der Waals surface area contributed by atoms with Gasteiger partial charge in [-0.15, -0.1) is 0 Å². The highest BCUT2D eigenvalue weighted by Gasteiger charge is 2.07. The SMILES string of the molecule is Cc1c(Cl)[nH]n(Cc2ccc(Cl)cc2)c1=O. The van der Waals surface area contributed by atoms with Crippen LogP contribution in [0.15, 0.2) is 29.1 Å². The monoisotopic (exact) mass is 256 g/mol. The highest BCUT2D eigenvalue weighted by molar-refractivity contribution is 6.30. The molecule has 1 aromatic heterocycles. The van der Waals surface area contributed by atoms with Crippen molar-refractivity contribution in [2.24, 2.45) is 0 Å². The summed E-state index contributed by atoms with van der Waals surface area (Å²) in [6, 6.07) is 7.33. The maximum Gasteiger partial charge on any atom is 0.271 e. The van der Waals surface area contributed by atoms with Crippen LogP contribution in [0.4, 0.5) is 0 Å². The van der Waals surface area contributed by atoms with E-state index < -0.39 is 0 Å². The van der Waals surface area contributed by atoms with Crippen LogP contribution in [0.5, 0.6) is 0 Å². The first kappa shape index (κ1) is 11.3. The van der Waals surface area contributed by atoms with Crippen molar-refractivity contribution in [3.8, 4) is 0 Å². The van der Waals surface area contributed by atoms with Gasteiger partial charge in [-0.1, -0.05) is 35.3 Å². The number of nitrogens with one attached hydrogen (secondary N) is 1. The van der Waals surface area contributed by atoms with Crippen molar-refractivity contribution < 1.29 is 0 Å². The van der Waals surface area contributed by atoms with Crippen molar-refractivity contribution in [3.63, 3.8) is 0 Å². The lowest BCUT2D eigenvalue weighted by atomic mass is 10.2.